The first-order valence-corrected chi connectivity index (χ1v) is 13.3. The van der Waals surface area contributed by atoms with Crippen LogP contribution in [0.1, 0.15) is 38.7 Å². The zero-order valence-corrected chi connectivity index (χ0v) is 20.9. The van der Waals surface area contributed by atoms with Crippen LogP contribution in [0.4, 0.5) is 10.1 Å². The zero-order chi connectivity index (χ0) is 25.7. The molecule has 184 valence electrons. The maximum atomic E-state index is 13.3. The molecule has 4 aromatic rings. The largest absolute Gasteiger partial charge is 0.341 e. The summed E-state index contributed by atoms with van der Waals surface area (Å²) in [6.07, 6.45) is 1.11. The highest BCUT2D eigenvalue weighted by molar-refractivity contribution is 7.92. The van der Waals surface area contributed by atoms with Crippen molar-refractivity contribution < 1.29 is 17.6 Å². The van der Waals surface area contributed by atoms with Crippen molar-refractivity contribution in [3.05, 3.63) is 137 Å². The van der Waals surface area contributed by atoms with E-state index in [0.29, 0.717) is 16.8 Å². The highest BCUT2D eigenvalue weighted by Crippen LogP contribution is 2.25. The van der Waals surface area contributed by atoms with Crippen molar-refractivity contribution in [2.24, 2.45) is 0 Å². The van der Waals surface area contributed by atoms with Gasteiger partial charge in [-0.3, -0.25) is 9.10 Å². The summed E-state index contributed by atoms with van der Waals surface area (Å²) in [6, 6.07) is 29.5. The number of anilines is 1. The average molecular weight is 503 g/mol. The maximum absolute atomic E-state index is 13.3. The molecule has 0 spiro atoms. The summed E-state index contributed by atoms with van der Waals surface area (Å²) in [4.78, 5) is 13.2. The lowest BCUT2D eigenvalue weighted by atomic mass is 9.97. The summed E-state index contributed by atoms with van der Waals surface area (Å²) in [5.74, 6) is -0.667. The van der Waals surface area contributed by atoms with Crippen molar-refractivity contribution in [2.45, 2.75) is 19.5 Å². The lowest BCUT2D eigenvalue weighted by molar-refractivity contribution is 0.0943. The highest BCUT2D eigenvalue weighted by Gasteiger charge is 2.20. The number of nitrogens with zero attached hydrogens (tertiary/aromatic N) is 1. The number of amides is 1. The lowest BCUT2D eigenvalue weighted by Gasteiger charge is -2.23. The molecular formula is C29H27FN2O3S. The van der Waals surface area contributed by atoms with Gasteiger partial charge in [-0.15, -0.1) is 0 Å². The molecule has 0 aliphatic heterocycles. The van der Waals surface area contributed by atoms with E-state index in [2.05, 4.69) is 5.32 Å². The Morgan fingerprint density at radius 1 is 0.833 bits per heavy atom. The summed E-state index contributed by atoms with van der Waals surface area (Å²) < 4.78 is 39.4. The fourth-order valence-electron chi connectivity index (χ4n) is 3.91. The van der Waals surface area contributed by atoms with Crippen molar-refractivity contribution in [1.29, 1.82) is 0 Å². The van der Waals surface area contributed by atoms with Gasteiger partial charge in [0.2, 0.25) is 10.0 Å². The molecule has 36 heavy (non-hydrogen) atoms. The molecule has 0 radical (unpaired) electrons. The number of hydrogen-bond acceptors (Lipinski definition) is 3. The van der Waals surface area contributed by atoms with Gasteiger partial charge < -0.3 is 5.32 Å². The van der Waals surface area contributed by atoms with E-state index < -0.39 is 10.0 Å². The fourth-order valence-corrected chi connectivity index (χ4v) is 4.80. The first kappa shape index (κ1) is 25.1. The first-order chi connectivity index (χ1) is 17.2. The van der Waals surface area contributed by atoms with E-state index in [9.17, 15) is 17.6 Å². The molecule has 0 fully saturated rings. The van der Waals surface area contributed by atoms with E-state index in [-0.39, 0.29) is 24.3 Å². The summed E-state index contributed by atoms with van der Waals surface area (Å²) in [5.41, 5.74) is 4.50. The van der Waals surface area contributed by atoms with Crippen LogP contribution in [-0.4, -0.2) is 20.6 Å². The summed E-state index contributed by atoms with van der Waals surface area (Å²) in [5, 5.41) is 3.10. The zero-order valence-electron chi connectivity index (χ0n) is 20.1. The van der Waals surface area contributed by atoms with Crippen molar-refractivity contribution in [3.8, 4) is 0 Å². The second kappa shape index (κ2) is 10.7. The number of carbonyl (C=O) groups excluding carboxylic acids is 1. The fraction of sp³-hybridized carbons (Fsp3) is 0.138. The van der Waals surface area contributed by atoms with Crippen LogP contribution in [0.2, 0.25) is 0 Å². The van der Waals surface area contributed by atoms with Crippen LogP contribution >= 0.6 is 0 Å². The van der Waals surface area contributed by atoms with Crippen LogP contribution in [-0.2, 0) is 16.6 Å². The monoisotopic (exact) mass is 502 g/mol. The quantitative estimate of drug-likeness (QED) is 0.340. The van der Waals surface area contributed by atoms with Crippen molar-refractivity contribution in [1.82, 2.24) is 5.32 Å². The third-order valence-electron chi connectivity index (χ3n) is 5.88. The minimum atomic E-state index is -3.61. The van der Waals surface area contributed by atoms with Crippen molar-refractivity contribution >= 4 is 21.6 Å². The minimum Gasteiger partial charge on any atom is -0.341 e. The van der Waals surface area contributed by atoms with E-state index in [4.69, 9.17) is 0 Å². The molecule has 0 bridgehead atoms. The van der Waals surface area contributed by atoms with Gasteiger partial charge in [-0.25, -0.2) is 12.8 Å². The van der Waals surface area contributed by atoms with Gasteiger partial charge in [0.05, 0.1) is 24.5 Å². The molecule has 5 nitrogen and oxygen atoms in total. The molecule has 4 aromatic carbocycles. The van der Waals surface area contributed by atoms with Crippen molar-refractivity contribution in [2.75, 3.05) is 10.6 Å². The Kier molecular flexibility index (Phi) is 7.50. The Bertz CT molecular complexity index is 1420. The number of aryl methyl sites for hydroxylation is 1. The maximum Gasteiger partial charge on any atom is 0.252 e. The number of sulfonamides is 1. The second-order valence-electron chi connectivity index (χ2n) is 8.67. The van der Waals surface area contributed by atoms with Gasteiger partial charge >= 0.3 is 0 Å². The Morgan fingerprint density at radius 2 is 1.42 bits per heavy atom. The van der Waals surface area contributed by atoms with Gasteiger partial charge in [0.25, 0.3) is 5.91 Å². The summed E-state index contributed by atoms with van der Waals surface area (Å²) in [7, 11) is -3.61. The van der Waals surface area contributed by atoms with Gasteiger partial charge in [0.1, 0.15) is 5.82 Å². The van der Waals surface area contributed by atoms with Gasteiger partial charge in [0, 0.05) is 5.56 Å². The molecule has 1 unspecified atom stereocenters. The molecule has 1 amide bonds. The van der Waals surface area contributed by atoms with Gasteiger partial charge in [-0.05, 0) is 60.0 Å². The molecule has 4 rings (SSSR count). The summed E-state index contributed by atoms with van der Waals surface area (Å²) in [6.45, 7) is 2.06. The minimum absolute atomic E-state index is 0.0498. The smallest absolute Gasteiger partial charge is 0.252 e. The van der Waals surface area contributed by atoms with Crippen molar-refractivity contribution in [3.63, 3.8) is 0 Å². The third-order valence-corrected chi connectivity index (χ3v) is 7.02. The number of hydrogen-bond donors (Lipinski definition) is 1. The van der Waals surface area contributed by atoms with E-state index in [1.165, 1.54) is 16.4 Å². The Balaban J connectivity index is 1.57. The molecule has 0 aliphatic rings. The normalized spacial score (nSPS) is 12.1. The molecule has 0 heterocycles. The van der Waals surface area contributed by atoms with E-state index >= 15 is 0 Å². The van der Waals surface area contributed by atoms with Crippen LogP contribution in [0.25, 0.3) is 0 Å². The predicted octanol–water partition coefficient (Wildman–Crippen LogP) is 5.62. The molecule has 1 N–H and O–H groups in total. The van der Waals surface area contributed by atoms with Gasteiger partial charge in [-0.1, -0.05) is 72.3 Å². The number of carbonyl (C=O) groups is 1. The van der Waals surface area contributed by atoms with Crippen LogP contribution in [0, 0.1) is 12.7 Å². The Labute approximate surface area is 211 Å². The standard InChI is InChI=1S/C29H27FN2O3S/c1-21-8-12-24(13-9-21)28(23-6-4-3-5-7-23)31-29(33)25-14-18-27(19-15-25)32(36(2,34)35)20-22-10-16-26(30)17-11-22/h3-19,28H,20H2,1-2H3,(H,31,33). The van der Waals surface area contributed by atoms with Gasteiger partial charge in [-0.2, -0.15) is 0 Å². The molecule has 0 saturated heterocycles. The predicted molar refractivity (Wildman–Crippen MR) is 141 cm³/mol. The number of halogens is 1. The highest BCUT2D eigenvalue weighted by atomic mass is 32.2. The third kappa shape index (κ3) is 6.17. The SMILES string of the molecule is Cc1ccc(C(NC(=O)c2ccc(N(Cc3ccc(F)cc3)S(C)(=O)=O)cc2)c2ccccc2)cc1. The molecule has 0 aliphatic carbocycles. The van der Waals surface area contributed by atoms with Crippen LogP contribution in [0.5, 0.6) is 0 Å². The van der Waals surface area contributed by atoms with Crippen LogP contribution < -0.4 is 9.62 Å². The molecule has 0 saturated carbocycles. The molecule has 1 atom stereocenters. The second-order valence-corrected chi connectivity index (χ2v) is 10.6. The average Bonchev–Trinajstić information content (AvgIpc) is 2.87. The van der Waals surface area contributed by atoms with E-state index in [0.717, 1.165) is 22.9 Å². The molecule has 0 aromatic heterocycles. The van der Waals surface area contributed by atoms with E-state index in [1.807, 2.05) is 61.5 Å². The number of rotatable bonds is 8. The van der Waals surface area contributed by atoms with Gasteiger partial charge in [0.15, 0.2) is 0 Å². The molecular weight excluding hydrogens is 475 g/mol. The Hall–Kier alpha value is -3.97. The number of benzene rings is 4. The first-order valence-electron chi connectivity index (χ1n) is 11.5. The van der Waals surface area contributed by atoms with Crippen LogP contribution in [0.15, 0.2) is 103 Å². The topological polar surface area (TPSA) is 66.5 Å². The lowest BCUT2D eigenvalue weighted by Crippen LogP contribution is -2.30. The summed E-state index contributed by atoms with van der Waals surface area (Å²) >= 11 is 0. The Morgan fingerprint density at radius 3 is 2.00 bits per heavy atom. The number of nitrogens with one attached hydrogen (secondary N) is 1. The molecule has 7 heteroatoms. The van der Waals surface area contributed by atoms with Crippen LogP contribution in [0.3, 0.4) is 0 Å². The van der Waals surface area contributed by atoms with E-state index in [1.54, 1.807) is 36.4 Å².